The van der Waals surface area contributed by atoms with E-state index < -0.39 is 18.2 Å². The summed E-state index contributed by atoms with van der Waals surface area (Å²) < 4.78 is 10.5. The molecule has 0 aromatic carbocycles. The van der Waals surface area contributed by atoms with E-state index in [9.17, 15) is 9.59 Å². The first-order chi connectivity index (χ1) is 8.37. The van der Waals surface area contributed by atoms with Crippen molar-refractivity contribution in [2.75, 3.05) is 6.61 Å². The fourth-order valence-electron chi connectivity index (χ4n) is 2.44. The fraction of sp³-hybridized carbons (Fsp3) is 0.833. The fourth-order valence-corrected chi connectivity index (χ4v) is 2.44. The van der Waals surface area contributed by atoms with Gasteiger partial charge in [0.25, 0.3) is 0 Å². The summed E-state index contributed by atoms with van der Waals surface area (Å²) in [6.07, 6.45) is 0.611. The van der Waals surface area contributed by atoms with Crippen LogP contribution in [-0.4, -0.2) is 42.4 Å². The Hall–Kier alpha value is -1.30. The zero-order chi connectivity index (χ0) is 13.3. The van der Waals surface area contributed by atoms with E-state index in [-0.39, 0.29) is 17.6 Å². The number of alkyl carbamates (subject to hydrolysis) is 1. The minimum absolute atomic E-state index is 0.0888. The summed E-state index contributed by atoms with van der Waals surface area (Å²) in [5, 5.41) is 5.46. The maximum atomic E-state index is 12.0. The van der Waals surface area contributed by atoms with Crippen LogP contribution in [0.2, 0.25) is 0 Å². The van der Waals surface area contributed by atoms with Gasteiger partial charge in [-0.25, -0.2) is 4.79 Å². The molecule has 2 saturated heterocycles. The second-order valence-electron chi connectivity index (χ2n) is 5.54. The summed E-state index contributed by atoms with van der Waals surface area (Å²) in [5.74, 6) is -0.184. The van der Waals surface area contributed by atoms with Gasteiger partial charge in [0.15, 0.2) is 0 Å². The first kappa shape index (κ1) is 13.1. The lowest BCUT2D eigenvalue weighted by Gasteiger charge is -2.36. The summed E-state index contributed by atoms with van der Waals surface area (Å²) in [5.41, 5.74) is -0.211. The molecule has 2 rings (SSSR count). The predicted octanol–water partition coefficient (Wildman–Crippen LogP) is 0.557. The van der Waals surface area contributed by atoms with Crippen LogP contribution in [0.1, 0.15) is 33.6 Å². The molecule has 2 aliphatic heterocycles. The Morgan fingerprint density at radius 2 is 2.22 bits per heavy atom. The van der Waals surface area contributed by atoms with Gasteiger partial charge in [0, 0.05) is 12.6 Å². The zero-order valence-corrected chi connectivity index (χ0v) is 11.0. The number of cyclic esters (lactones) is 1. The van der Waals surface area contributed by atoms with E-state index in [0.29, 0.717) is 6.61 Å². The van der Waals surface area contributed by atoms with Crippen molar-refractivity contribution in [2.24, 2.45) is 0 Å². The van der Waals surface area contributed by atoms with Gasteiger partial charge in [-0.2, -0.15) is 0 Å². The number of hydrogen-bond acceptors (Lipinski definition) is 4. The van der Waals surface area contributed by atoms with Gasteiger partial charge in [-0.15, -0.1) is 0 Å². The Kier molecular flexibility index (Phi) is 3.47. The van der Waals surface area contributed by atoms with Crippen molar-refractivity contribution in [1.82, 2.24) is 10.6 Å². The van der Waals surface area contributed by atoms with Gasteiger partial charge in [0.05, 0.1) is 5.60 Å². The smallest absolute Gasteiger partial charge is 0.408 e. The maximum absolute atomic E-state index is 12.0. The molecule has 3 atom stereocenters. The standard InChI is InChI=1S/C12H20N2O4/c1-7-9(14-11(16)18-7)10(15)13-8-4-5-17-12(2,3)6-8/h7-9H,4-6H2,1-3H3,(H,13,15)(H,14,16)/t7-,8-,9+/m0/s1. The highest BCUT2D eigenvalue weighted by atomic mass is 16.6. The van der Waals surface area contributed by atoms with Crippen LogP contribution in [0.15, 0.2) is 0 Å². The number of ether oxygens (including phenoxy) is 2. The van der Waals surface area contributed by atoms with Gasteiger partial charge in [0.1, 0.15) is 12.1 Å². The van der Waals surface area contributed by atoms with Crippen LogP contribution in [-0.2, 0) is 14.3 Å². The third-order valence-electron chi connectivity index (χ3n) is 3.36. The van der Waals surface area contributed by atoms with E-state index in [1.807, 2.05) is 13.8 Å². The molecule has 0 radical (unpaired) electrons. The molecule has 0 saturated carbocycles. The summed E-state index contributed by atoms with van der Waals surface area (Å²) in [6, 6.07) is -0.505. The van der Waals surface area contributed by atoms with Crippen LogP contribution in [0.3, 0.4) is 0 Å². The van der Waals surface area contributed by atoms with Gasteiger partial charge in [-0.3, -0.25) is 4.79 Å². The SMILES string of the molecule is C[C@@H]1OC(=O)N[C@H]1C(=O)N[C@H]1CCOC(C)(C)C1. The molecule has 6 nitrogen and oxygen atoms in total. The second kappa shape index (κ2) is 4.76. The topological polar surface area (TPSA) is 76.7 Å². The van der Waals surface area contributed by atoms with Crippen LogP contribution in [0, 0.1) is 0 Å². The summed E-state index contributed by atoms with van der Waals surface area (Å²) in [6.45, 7) is 6.36. The first-order valence-corrected chi connectivity index (χ1v) is 6.29. The number of hydrogen-bond donors (Lipinski definition) is 2. The number of rotatable bonds is 2. The average molecular weight is 256 g/mol. The Bertz CT molecular complexity index is 356. The van der Waals surface area contributed by atoms with Gasteiger partial charge in [-0.1, -0.05) is 0 Å². The van der Waals surface area contributed by atoms with E-state index in [1.165, 1.54) is 0 Å². The summed E-state index contributed by atoms with van der Waals surface area (Å²) in [4.78, 5) is 23.1. The van der Waals surface area contributed by atoms with Crippen LogP contribution < -0.4 is 10.6 Å². The van der Waals surface area contributed by atoms with Gasteiger partial charge in [-0.05, 0) is 33.6 Å². The number of carbonyl (C=O) groups excluding carboxylic acids is 2. The van der Waals surface area contributed by atoms with Crippen molar-refractivity contribution < 1.29 is 19.1 Å². The van der Waals surface area contributed by atoms with E-state index in [0.717, 1.165) is 12.8 Å². The molecule has 0 bridgehead atoms. The van der Waals surface area contributed by atoms with Crippen LogP contribution in [0.5, 0.6) is 0 Å². The molecule has 2 amide bonds. The van der Waals surface area contributed by atoms with Crippen molar-refractivity contribution in [3.63, 3.8) is 0 Å². The van der Waals surface area contributed by atoms with Gasteiger partial charge >= 0.3 is 6.09 Å². The molecule has 0 unspecified atom stereocenters. The van der Waals surface area contributed by atoms with Crippen molar-refractivity contribution in [2.45, 2.75) is 57.4 Å². The van der Waals surface area contributed by atoms with Crippen LogP contribution in [0.25, 0.3) is 0 Å². The Morgan fingerprint density at radius 1 is 1.50 bits per heavy atom. The minimum atomic E-state index is -0.594. The van der Waals surface area contributed by atoms with Crippen molar-refractivity contribution in [3.8, 4) is 0 Å². The maximum Gasteiger partial charge on any atom is 0.408 e. The van der Waals surface area contributed by atoms with Crippen molar-refractivity contribution in [3.05, 3.63) is 0 Å². The molecule has 0 aromatic rings. The molecule has 6 heteroatoms. The molecule has 2 heterocycles. The van der Waals surface area contributed by atoms with E-state index in [2.05, 4.69) is 10.6 Å². The van der Waals surface area contributed by atoms with Crippen molar-refractivity contribution >= 4 is 12.0 Å². The first-order valence-electron chi connectivity index (χ1n) is 6.29. The van der Waals surface area contributed by atoms with Crippen LogP contribution >= 0.6 is 0 Å². The lowest BCUT2D eigenvalue weighted by Crippen LogP contribution is -2.52. The van der Waals surface area contributed by atoms with E-state index in [4.69, 9.17) is 9.47 Å². The van der Waals surface area contributed by atoms with E-state index >= 15 is 0 Å². The predicted molar refractivity (Wildman–Crippen MR) is 64.1 cm³/mol. The highest BCUT2D eigenvalue weighted by Gasteiger charge is 2.38. The molecule has 2 fully saturated rings. The lowest BCUT2D eigenvalue weighted by atomic mass is 9.93. The summed E-state index contributed by atoms with van der Waals surface area (Å²) >= 11 is 0. The minimum Gasteiger partial charge on any atom is -0.444 e. The highest BCUT2D eigenvalue weighted by molar-refractivity contribution is 5.88. The quantitative estimate of drug-likeness (QED) is 0.756. The van der Waals surface area contributed by atoms with Gasteiger partial charge < -0.3 is 20.1 Å². The van der Waals surface area contributed by atoms with Crippen molar-refractivity contribution in [1.29, 1.82) is 0 Å². The average Bonchev–Trinajstić information content (AvgIpc) is 2.56. The van der Waals surface area contributed by atoms with Crippen LogP contribution in [0.4, 0.5) is 4.79 Å². The molecule has 2 aliphatic rings. The monoisotopic (exact) mass is 256 g/mol. The number of carbonyl (C=O) groups is 2. The molecule has 0 spiro atoms. The molecule has 2 N–H and O–H groups in total. The lowest BCUT2D eigenvalue weighted by molar-refractivity contribution is -0.126. The second-order valence-corrected chi connectivity index (χ2v) is 5.54. The Balaban J connectivity index is 1.89. The normalized spacial score (nSPS) is 34.6. The zero-order valence-electron chi connectivity index (χ0n) is 11.0. The highest BCUT2D eigenvalue weighted by Crippen LogP contribution is 2.24. The molecular formula is C12H20N2O4. The molecule has 0 aromatic heterocycles. The third kappa shape index (κ3) is 2.93. The number of amides is 2. The molecule has 102 valence electrons. The number of nitrogens with one attached hydrogen (secondary N) is 2. The Morgan fingerprint density at radius 3 is 2.78 bits per heavy atom. The molecular weight excluding hydrogens is 236 g/mol. The van der Waals surface area contributed by atoms with Gasteiger partial charge in [0.2, 0.25) is 5.91 Å². The third-order valence-corrected chi connectivity index (χ3v) is 3.36. The molecule has 18 heavy (non-hydrogen) atoms. The molecule has 0 aliphatic carbocycles. The largest absolute Gasteiger partial charge is 0.444 e. The van der Waals surface area contributed by atoms with E-state index in [1.54, 1.807) is 6.92 Å². The Labute approximate surface area is 106 Å². The summed E-state index contributed by atoms with van der Waals surface area (Å²) in [7, 11) is 0.